The molecule has 2 aromatic carbocycles. The third-order valence-electron chi connectivity index (χ3n) is 5.72. The van der Waals surface area contributed by atoms with Crippen LogP contribution in [0, 0.1) is 0 Å². The van der Waals surface area contributed by atoms with Crippen molar-refractivity contribution in [3.63, 3.8) is 0 Å². The van der Waals surface area contributed by atoms with Crippen LogP contribution in [0.2, 0.25) is 0 Å². The molecule has 1 fully saturated rings. The second-order valence-corrected chi connectivity index (χ2v) is 7.93. The molecular weight excluding hydrogens is 356 g/mol. The predicted octanol–water partition coefficient (Wildman–Crippen LogP) is 4.37. The van der Waals surface area contributed by atoms with Crippen LogP contribution in [0.1, 0.15) is 48.3 Å². The minimum atomic E-state index is -0.0372. The molecule has 4 N–H and O–H groups in total. The lowest BCUT2D eigenvalue weighted by Gasteiger charge is -2.28. The molecule has 1 heterocycles. The number of anilines is 1. The molecule has 2 aliphatic rings. The van der Waals surface area contributed by atoms with Gasteiger partial charge in [-0.1, -0.05) is 36.4 Å². The zero-order chi connectivity index (χ0) is 18.6. The van der Waals surface area contributed by atoms with Gasteiger partial charge in [-0.15, -0.1) is 0 Å². The smallest absolute Gasteiger partial charge is 0.316 e. The molecule has 0 spiro atoms. The number of nitrogens with zero attached hydrogens (tertiary/aromatic N) is 1. The number of urea groups is 1. The molecule has 5 nitrogen and oxygen atoms in total. The molecule has 2 aromatic rings. The number of amides is 2. The summed E-state index contributed by atoms with van der Waals surface area (Å²) in [4.78, 5) is 14.4. The fourth-order valence-electron chi connectivity index (χ4n) is 4.16. The van der Waals surface area contributed by atoms with Crippen molar-refractivity contribution in [2.24, 2.45) is 5.14 Å². The molecule has 0 aromatic heterocycles. The number of nitrogens with one attached hydrogen (secondary N) is 2. The number of fused-ring (bicyclic) bond motifs is 1. The maximum absolute atomic E-state index is 12.6. The normalized spacial score (nSPS) is 21.7. The fourth-order valence-corrected chi connectivity index (χ4v) is 4.59. The van der Waals surface area contributed by atoms with Gasteiger partial charge in [0.1, 0.15) is 0 Å². The number of carbonyl (C=O) groups is 1. The number of nitrogens with two attached hydrogens (primary N) is 1. The number of hydrogen-bond donors (Lipinski definition) is 3. The second-order valence-electron chi connectivity index (χ2n) is 7.46. The van der Waals surface area contributed by atoms with Crippen molar-refractivity contribution < 1.29 is 4.79 Å². The summed E-state index contributed by atoms with van der Waals surface area (Å²) in [5.74, 6) is 0.601. The standard InChI is InChI=1S/C21H26N4OS/c22-27-24-20-11-7-16(8-12-20)15-5-9-19(10-6-15)23-21(26)25-13-17-3-1-2-4-18(17)14-25/h1-6,9-10,16,20,24H,7-8,11-14,22H2,(H,23,26). The Balaban J connectivity index is 1.31. The van der Waals surface area contributed by atoms with E-state index in [0.29, 0.717) is 25.0 Å². The highest BCUT2D eigenvalue weighted by molar-refractivity contribution is 7.95. The van der Waals surface area contributed by atoms with E-state index >= 15 is 0 Å². The average molecular weight is 383 g/mol. The van der Waals surface area contributed by atoms with Gasteiger partial charge in [0.05, 0.1) is 0 Å². The topological polar surface area (TPSA) is 70.4 Å². The molecule has 1 aliphatic heterocycles. The van der Waals surface area contributed by atoms with Gasteiger partial charge in [0.25, 0.3) is 0 Å². The summed E-state index contributed by atoms with van der Waals surface area (Å²) in [6, 6.07) is 17.1. The van der Waals surface area contributed by atoms with Gasteiger partial charge in [0.15, 0.2) is 0 Å². The Morgan fingerprint density at radius 2 is 1.59 bits per heavy atom. The van der Waals surface area contributed by atoms with Crippen molar-refractivity contribution in [1.29, 1.82) is 0 Å². The molecule has 6 heteroatoms. The first-order valence-electron chi connectivity index (χ1n) is 9.57. The first-order chi connectivity index (χ1) is 13.2. The summed E-state index contributed by atoms with van der Waals surface area (Å²) >= 11 is 1.23. The largest absolute Gasteiger partial charge is 0.322 e. The summed E-state index contributed by atoms with van der Waals surface area (Å²) in [5.41, 5.74) is 4.69. The highest BCUT2D eigenvalue weighted by Gasteiger charge is 2.24. The minimum absolute atomic E-state index is 0.0372. The lowest BCUT2D eigenvalue weighted by Crippen LogP contribution is -2.30. The van der Waals surface area contributed by atoms with Crippen molar-refractivity contribution in [1.82, 2.24) is 9.62 Å². The summed E-state index contributed by atoms with van der Waals surface area (Å²) in [6.07, 6.45) is 4.66. The highest BCUT2D eigenvalue weighted by Crippen LogP contribution is 2.33. The van der Waals surface area contributed by atoms with E-state index in [-0.39, 0.29) is 6.03 Å². The number of rotatable bonds is 4. The van der Waals surface area contributed by atoms with Crippen molar-refractivity contribution in [2.75, 3.05) is 5.32 Å². The zero-order valence-corrected chi connectivity index (χ0v) is 16.2. The molecule has 0 radical (unpaired) electrons. The molecule has 4 rings (SSSR count). The predicted molar refractivity (Wildman–Crippen MR) is 111 cm³/mol. The van der Waals surface area contributed by atoms with Crippen LogP contribution in [0.15, 0.2) is 48.5 Å². The van der Waals surface area contributed by atoms with Crippen LogP contribution in [-0.2, 0) is 13.1 Å². The first-order valence-corrected chi connectivity index (χ1v) is 10.4. The maximum atomic E-state index is 12.6. The summed E-state index contributed by atoms with van der Waals surface area (Å²) in [5, 5.41) is 8.53. The van der Waals surface area contributed by atoms with Crippen LogP contribution < -0.4 is 15.2 Å². The Morgan fingerprint density at radius 3 is 2.19 bits per heavy atom. The molecule has 27 heavy (non-hydrogen) atoms. The Kier molecular flexibility index (Phi) is 5.66. The van der Waals surface area contributed by atoms with E-state index in [0.717, 1.165) is 18.5 Å². The van der Waals surface area contributed by atoms with Crippen molar-refractivity contribution >= 4 is 23.9 Å². The lowest BCUT2D eigenvalue weighted by molar-refractivity contribution is 0.212. The van der Waals surface area contributed by atoms with Crippen LogP contribution in [0.3, 0.4) is 0 Å². The molecule has 1 saturated carbocycles. The summed E-state index contributed by atoms with van der Waals surface area (Å²) in [6.45, 7) is 1.36. The van der Waals surface area contributed by atoms with E-state index in [9.17, 15) is 4.79 Å². The molecule has 1 aliphatic carbocycles. The molecule has 0 unspecified atom stereocenters. The maximum Gasteiger partial charge on any atom is 0.322 e. The van der Waals surface area contributed by atoms with Crippen LogP contribution in [0.4, 0.5) is 10.5 Å². The van der Waals surface area contributed by atoms with Gasteiger partial charge in [0, 0.05) is 37.0 Å². The van der Waals surface area contributed by atoms with E-state index in [1.54, 1.807) is 0 Å². The quantitative estimate of drug-likeness (QED) is 0.687. The van der Waals surface area contributed by atoms with E-state index in [2.05, 4.69) is 34.3 Å². The molecule has 0 atom stereocenters. The van der Waals surface area contributed by atoms with E-state index in [1.165, 1.54) is 41.7 Å². The minimum Gasteiger partial charge on any atom is -0.316 e. The molecule has 2 amide bonds. The van der Waals surface area contributed by atoms with Gasteiger partial charge in [0.2, 0.25) is 0 Å². The van der Waals surface area contributed by atoms with Gasteiger partial charge in [-0.05, 0) is 60.4 Å². The van der Waals surface area contributed by atoms with Crippen molar-refractivity contribution in [3.8, 4) is 0 Å². The Labute approximate surface area is 165 Å². The lowest BCUT2D eigenvalue weighted by atomic mass is 9.82. The number of hydrogen-bond acceptors (Lipinski definition) is 4. The average Bonchev–Trinajstić information content (AvgIpc) is 3.14. The highest BCUT2D eigenvalue weighted by atomic mass is 32.2. The Hall–Kier alpha value is -2.02. The van der Waals surface area contributed by atoms with E-state index in [1.807, 2.05) is 29.2 Å². The summed E-state index contributed by atoms with van der Waals surface area (Å²) < 4.78 is 3.26. The Morgan fingerprint density at radius 1 is 0.963 bits per heavy atom. The van der Waals surface area contributed by atoms with Crippen molar-refractivity contribution in [2.45, 2.75) is 50.7 Å². The molecule has 0 saturated heterocycles. The summed E-state index contributed by atoms with van der Waals surface area (Å²) in [7, 11) is 0. The monoisotopic (exact) mass is 382 g/mol. The van der Waals surface area contributed by atoms with Gasteiger partial charge >= 0.3 is 6.03 Å². The van der Waals surface area contributed by atoms with Crippen LogP contribution in [0.5, 0.6) is 0 Å². The van der Waals surface area contributed by atoms with E-state index in [4.69, 9.17) is 5.14 Å². The molecular formula is C21H26N4OS. The van der Waals surface area contributed by atoms with Crippen LogP contribution >= 0.6 is 12.1 Å². The molecule has 142 valence electrons. The third-order valence-corrected chi connectivity index (χ3v) is 6.19. The molecule has 0 bridgehead atoms. The van der Waals surface area contributed by atoms with Crippen molar-refractivity contribution in [3.05, 3.63) is 65.2 Å². The van der Waals surface area contributed by atoms with Crippen LogP contribution in [-0.4, -0.2) is 17.0 Å². The third kappa shape index (κ3) is 4.29. The second kappa shape index (κ2) is 8.33. The Bertz CT molecular complexity index is 762. The first kappa shape index (κ1) is 18.3. The van der Waals surface area contributed by atoms with Gasteiger partial charge in [-0.3, -0.25) is 5.14 Å². The van der Waals surface area contributed by atoms with Crippen LogP contribution in [0.25, 0.3) is 0 Å². The fraction of sp³-hybridized carbons (Fsp3) is 0.381. The zero-order valence-electron chi connectivity index (χ0n) is 15.4. The number of benzene rings is 2. The van der Waals surface area contributed by atoms with Gasteiger partial charge in [-0.2, -0.15) is 0 Å². The SMILES string of the molecule is NSNC1CCC(c2ccc(NC(=O)N3Cc4ccccc4C3)cc2)CC1. The van der Waals surface area contributed by atoms with E-state index < -0.39 is 0 Å². The van der Waals surface area contributed by atoms with Gasteiger partial charge < -0.3 is 10.2 Å². The number of carbonyl (C=O) groups excluding carboxylic acids is 1. The van der Waals surface area contributed by atoms with Gasteiger partial charge in [-0.25, -0.2) is 9.52 Å².